The van der Waals surface area contributed by atoms with Gasteiger partial charge in [0.2, 0.25) is 5.91 Å². The van der Waals surface area contributed by atoms with Gasteiger partial charge in [0.1, 0.15) is 17.9 Å². The highest BCUT2D eigenvalue weighted by Crippen LogP contribution is 2.54. The molecule has 1 spiro atoms. The lowest BCUT2D eigenvalue weighted by atomic mass is 9.63. The van der Waals surface area contributed by atoms with Crippen LogP contribution in [0.25, 0.3) is 21.9 Å². The lowest BCUT2D eigenvalue weighted by Crippen LogP contribution is -2.53. The predicted octanol–water partition coefficient (Wildman–Crippen LogP) is 4.47. The molecule has 4 aromatic rings. The quantitative estimate of drug-likeness (QED) is 0.453. The number of hydrogen-bond donors (Lipinski definition) is 1. The Bertz CT molecular complexity index is 1590. The lowest BCUT2D eigenvalue weighted by Gasteiger charge is -2.43. The molecule has 6 rings (SSSR count). The molecule has 8 nitrogen and oxygen atoms in total. The number of para-hydroxylation sites is 1. The average Bonchev–Trinajstić information content (AvgIpc) is 3.16. The van der Waals surface area contributed by atoms with Gasteiger partial charge in [-0.2, -0.15) is 5.26 Å². The van der Waals surface area contributed by atoms with E-state index in [9.17, 15) is 14.9 Å². The van der Waals surface area contributed by atoms with Gasteiger partial charge in [0.05, 0.1) is 17.7 Å². The third-order valence-electron chi connectivity index (χ3n) is 7.35. The highest BCUT2D eigenvalue weighted by Gasteiger charge is 2.59. The van der Waals surface area contributed by atoms with Crippen molar-refractivity contribution in [1.82, 2.24) is 15.3 Å². The van der Waals surface area contributed by atoms with Crippen LogP contribution in [0.3, 0.4) is 0 Å². The molecule has 1 aliphatic carbocycles. The van der Waals surface area contributed by atoms with E-state index >= 15 is 0 Å². The number of rotatable bonds is 4. The summed E-state index contributed by atoms with van der Waals surface area (Å²) in [5, 5.41) is 13.6. The van der Waals surface area contributed by atoms with Crippen LogP contribution < -0.4 is 10.2 Å². The first kappa shape index (κ1) is 22.7. The van der Waals surface area contributed by atoms with Gasteiger partial charge in [-0.25, -0.2) is 9.78 Å². The molecule has 2 aromatic carbocycles. The maximum absolute atomic E-state index is 14.0. The van der Waals surface area contributed by atoms with E-state index in [4.69, 9.17) is 9.72 Å². The number of aromatic nitrogens is 2. The Morgan fingerprint density at radius 3 is 2.65 bits per heavy atom. The van der Waals surface area contributed by atoms with Gasteiger partial charge in [0, 0.05) is 54.5 Å². The fraction of sp³-hybridized carbons (Fsp3) is 0.207. The number of nitrogens with one attached hydrogen (secondary N) is 1. The molecule has 1 N–H and O–H groups in total. The van der Waals surface area contributed by atoms with Crippen molar-refractivity contribution in [3.05, 3.63) is 90.0 Å². The second kappa shape index (κ2) is 8.71. The molecule has 0 atom stereocenters. The zero-order chi connectivity index (χ0) is 25.6. The van der Waals surface area contributed by atoms with E-state index in [1.54, 1.807) is 17.2 Å². The zero-order valence-corrected chi connectivity index (χ0v) is 20.1. The molecule has 2 amide bonds. The number of hydrogen-bond acceptors (Lipinski definition) is 6. The van der Waals surface area contributed by atoms with Gasteiger partial charge >= 0.3 is 6.09 Å². The lowest BCUT2D eigenvalue weighted by molar-refractivity contribution is -0.131. The summed E-state index contributed by atoms with van der Waals surface area (Å²) in [4.78, 5) is 36.5. The number of nitriles is 1. The minimum atomic E-state index is -0.706. The Labute approximate surface area is 213 Å². The third-order valence-corrected chi connectivity index (χ3v) is 7.35. The fourth-order valence-electron chi connectivity index (χ4n) is 5.56. The van der Waals surface area contributed by atoms with Gasteiger partial charge in [0.15, 0.2) is 0 Å². The SMILES string of the molecule is CNC(=O)O[C@H]1C[C@@]2(C1)C(=O)N(Cc1ncc3ccccc3c1-c1ccc(C#N)nc1)c1ccccc12. The van der Waals surface area contributed by atoms with Gasteiger partial charge in [-0.05, 0) is 29.1 Å². The maximum Gasteiger partial charge on any atom is 0.407 e. The van der Waals surface area contributed by atoms with Crippen LogP contribution in [0.15, 0.2) is 73.1 Å². The molecule has 0 bridgehead atoms. The van der Waals surface area contributed by atoms with Crippen molar-refractivity contribution in [2.45, 2.75) is 30.9 Å². The van der Waals surface area contributed by atoms with Gasteiger partial charge < -0.3 is 15.0 Å². The summed E-state index contributed by atoms with van der Waals surface area (Å²) in [6, 6.07) is 21.4. The van der Waals surface area contributed by atoms with E-state index in [0.717, 1.165) is 38.8 Å². The summed E-state index contributed by atoms with van der Waals surface area (Å²) in [7, 11) is 1.52. The number of anilines is 1. The van der Waals surface area contributed by atoms with E-state index in [1.807, 2.05) is 60.8 Å². The summed E-state index contributed by atoms with van der Waals surface area (Å²) >= 11 is 0. The standard InChI is InChI=1S/C29H23N5O3/c1-31-28(36)37-21-12-29(13-21)23-8-4-5-9-25(23)34(27(29)35)17-24-26(19-10-11-20(14-30)32-16-19)22-7-3-2-6-18(22)15-33-24/h2-11,15-16,21H,12-13,17H2,1H3,(H,31,36)/t21-,29-. The highest BCUT2D eigenvalue weighted by molar-refractivity contribution is 6.09. The number of ether oxygens (including phenoxy) is 1. The van der Waals surface area contributed by atoms with Crippen LogP contribution in [0.4, 0.5) is 10.5 Å². The summed E-state index contributed by atoms with van der Waals surface area (Å²) < 4.78 is 5.42. The molecule has 0 saturated heterocycles. The van der Waals surface area contributed by atoms with E-state index < -0.39 is 11.5 Å². The molecular weight excluding hydrogens is 466 g/mol. The number of alkyl carbamates (subject to hydrolysis) is 1. The summed E-state index contributed by atoms with van der Waals surface area (Å²) in [6.45, 7) is 0.277. The molecule has 3 heterocycles. The van der Waals surface area contributed by atoms with Crippen LogP contribution in [0.5, 0.6) is 0 Å². The Hall–Kier alpha value is -4.77. The van der Waals surface area contributed by atoms with Crippen molar-refractivity contribution in [3.63, 3.8) is 0 Å². The minimum absolute atomic E-state index is 0.00989. The molecule has 8 heteroatoms. The molecule has 2 aliphatic rings. The maximum atomic E-state index is 14.0. The van der Waals surface area contributed by atoms with Crippen LogP contribution in [0.1, 0.15) is 29.8 Å². The number of carbonyl (C=O) groups is 2. The first-order valence-electron chi connectivity index (χ1n) is 12.1. The first-order chi connectivity index (χ1) is 18.0. The van der Waals surface area contributed by atoms with Crippen molar-refractivity contribution in [2.24, 2.45) is 0 Å². The molecule has 0 radical (unpaired) electrons. The van der Waals surface area contributed by atoms with Crippen LogP contribution in [0.2, 0.25) is 0 Å². The van der Waals surface area contributed by atoms with Crippen molar-refractivity contribution in [1.29, 1.82) is 5.26 Å². The minimum Gasteiger partial charge on any atom is -0.446 e. The number of pyridine rings is 2. The third kappa shape index (κ3) is 3.59. The predicted molar refractivity (Wildman–Crippen MR) is 138 cm³/mol. The molecular formula is C29H23N5O3. The Balaban J connectivity index is 1.40. The largest absolute Gasteiger partial charge is 0.446 e. The van der Waals surface area contributed by atoms with Crippen molar-refractivity contribution in [3.8, 4) is 17.2 Å². The fourth-order valence-corrected chi connectivity index (χ4v) is 5.56. The smallest absolute Gasteiger partial charge is 0.407 e. The number of carbonyl (C=O) groups excluding carboxylic acids is 2. The average molecular weight is 490 g/mol. The monoisotopic (exact) mass is 489 g/mol. The van der Waals surface area contributed by atoms with Crippen LogP contribution in [0, 0.1) is 11.3 Å². The van der Waals surface area contributed by atoms with Gasteiger partial charge in [-0.15, -0.1) is 0 Å². The molecule has 0 unspecified atom stereocenters. The van der Waals surface area contributed by atoms with E-state index in [2.05, 4.69) is 16.4 Å². The number of fused-ring (bicyclic) bond motifs is 3. The van der Waals surface area contributed by atoms with E-state index in [-0.39, 0.29) is 18.6 Å². The Morgan fingerprint density at radius 1 is 1.11 bits per heavy atom. The summed E-state index contributed by atoms with van der Waals surface area (Å²) in [5.74, 6) is -0.00989. The first-order valence-corrected chi connectivity index (χ1v) is 12.1. The van der Waals surface area contributed by atoms with Crippen molar-refractivity contribution in [2.75, 3.05) is 11.9 Å². The number of nitrogens with zero attached hydrogens (tertiary/aromatic N) is 4. The molecule has 182 valence electrons. The van der Waals surface area contributed by atoms with Crippen molar-refractivity contribution < 1.29 is 14.3 Å². The topological polar surface area (TPSA) is 108 Å². The molecule has 1 aliphatic heterocycles. The van der Waals surface area contributed by atoms with Gasteiger partial charge in [-0.1, -0.05) is 42.5 Å². The highest BCUT2D eigenvalue weighted by atomic mass is 16.6. The zero-order valence-electron chi connectivity index (χ0n) is 20.1. The van der Waals surface area contributed by atoms with Crippen LogP contribution >= 0.6 is 0 Å². The second-order valence-electron chi connectivity index (χ2n) is 9.39. The van der Waals surface area contributed by atoms with Gasteiger partial charge in [0.25, 0.3) is 0 Å². The van der Waals surface area contributed by atoms with E-state index in [0.29, 0.717) is 18.5 Å². The molecule has 37 heavy (non-hydrogen) atoms. The second-order valence-corrected chi connectivity index (χ2v) is 9.39. The Kier molecular flexibility index (Phi) is 5.34. The van der Waals surface area contributed by atoms with E-state index in [1.165, 1.54) is 7.05 Å². The van der Waals surface area contributed by atoms with Crippen LogP contribution in [-0.4, -0.2) is 35.1 Å². The van der Waals surface area contributed by atoms with Gasteiger partial charge in [-0.3, -0.25) is 9.78 Å². The summed E-state index contributed by atoms with van der Waals surface area (Å²) in [6.07, 6.45) is 3.60. The molecule has 1 fully saturated rings. The Morgan fingerprint density at radius 2 is 1.89 bits per heavy atom. The number of benzene rings is 2. The summed E-state index contributed by atoms with van der Waals surface area (Å²) in [5.41, 5.74) is 3.89. The van der Waals surface area contributed by atoms with Crippen molar-refractivity contribution >= 4 is 28.5 Å². The molecule has 1 saturated carbocycles. The normalized spacial score (nSPS) is 19.8. The van der Waals surface area contributed by atoms with Crippen LogP contribution in [-0.2, 0) is 21.5 Å². The number of amides is 2. The molecule has 2 aromatic heterocycles.